The van der Waals surface area contributed by atoms with Crippen molar-refractivity contribution in [3.05, 3.63) is 48.0 Å². The van der Waals surface area contributed by atoms with Crippen molar-refractivity contribution < 1.29 is 0 Å². The van der Waals surface area contributed by atoms with Crippen LogP contribution < -0.4 is 5.73 Å². The van der Waals surface area contributed by atoms with Gasteiger partial charge in [0.15, 0.2) is 0 Å². The molecule has 0 radical (unpaired) electrons. The zero-order valence-corrected chi connectivity index (χ0v) is 19.1. The summed E-state index contributed by atoms with van der Waals surface area (Å²) in [5.41, 5.74) is 9.89. The number of likely N-dealkylation sites (tertiary alicyclic amines) is 1. The van der Waals surface area contributed by atoms with Crippen LogP contribution in [0.4, 0.5) is 0 Å². The number of hydrogen-bond donors (Lipinski definition) is 1. The Balaban J connectivity index is 1.43. The minimum Gasteiger partial charge on any atom is -0.366 e. The first-order chi connectivity index (χ1) is 13.8. The number of benzene rings is 1. The molecule has 1 saturated heterocycles. The number of hydrogen-bond acceptors (Lipinski definition) is 2. The Labute approximate surface area is 182 Å². The lowest BCUT2D eigenvalue weighted by atomic mass is 9.54. The van der Waals surface area contributed by atoms with Crippen LogP contribution in [0.25, 0.3) is 0 Å². The van der Waals surface area contributed by atoms with Crippen molar-refractivity contribution >= 4 is 17.2 Å². The lowest BCUT2D eigenvalue weighted by Gasteiger charge is -2.50. The zero-order valence-electron chi connectivity index (χ0n) is 18.3. The van der Waals surface area contributed by atoms with Crippen LogP contribution in [0.3, 0.4) is 0 Å². The fourth-order valence-electron chi connectivity index (χ4n) is 6.30. The fourth-order valence-corrected chi connectivity index (χ4v) is 6.58. The van der Waals surface area contributed by atoms with E-state index in [-0.39, 0.29) is 11.5 Å². The second-order valence-corrected chi connectivity index (χ2v) is 11.1. The molecule has 158 valence electrons. The largest absolute Gasteiger partial charge is 0.366 e. The highest BCUT2D eigenvalue weighted by Crippen LogP contribution is 2.55. The van der Waals surface area contributed by atoms with Gasteiger partial charge in [0.05, 0.1) is 4.99 Å². The average molecular weight is 411 g/mol. The summed E-state index contributed by atoms with van der Waals surface area (Å²) in [6, 6.07) is 11.6. The quantitative estimate of drug-likeness (QED) is 0.498. The predicted octanol–water partition coefficient (Wildman–Crippen LogP) is 5.86. The number of thiocarbonyl (C=S) groups is 1. The first kappa shape index (κ1) is 21.1. The first-order valence-electron chi connectivity index (χ1n) is 11.6. The Morgan fingerprint density at radius 2 is 1.97 bits per heavy atom. The van der Waals surface area contributed by atoms with Gasteiger partial charge in [-0.1, -0.05) is 75.0 Å². The molecule has 3 fully saturated rings. The van der Waals surface area contributed by atoms with Gasteiger partial charge >= 0.3 is 0 Å². The van der Waals surface area contributed by atoms with Crippen LogP contribution in [0.1, 0.15) is 70.8 Å². The van der Waals surface area contributed by atoms with E-state index < -0.39 is 0 Å². The maximum atomic E-state index is 6.32. The number of allylic oxidation sites excluding steroid dienone is 1. The molecule has 3 unspecified atom stereocenters. The number of rotatable bonds is 4. The summed E-state index contributed by atoms with van der Waals surface area (Å²) in [6.07, 6.45) is 9.77. The predicted molar refractivity (Wildman–Crippen MR) is 127 cm³/mol. The summed E-state index contributed by atoms with van der Waals surface area (Å²) in [5.74, 6) is 1.30. The molecule has 2 saturated carbocycles. The third-order valence-corrected chi connectivity index (χ3v) is 8.75. The molecule has 4 atom stereocenters. The van der Waals surface area contributed by atoms with E-state index in [0.29, 0.717) is 17.3 Å². The van der Waals surface area contributed by atoms with E-state index >= 15 is 0 Å². The van der Waals surface area contributed by atoms with Crippen molar-refractivity contribution in [1.82, 2.24) is 4.90 Å². The molecule has 0 spiro atoms. The van der Waals surface area contributed by atoms with E-state index in [9.17, 15) is 0 Å². The zero-order chi connectivity index (χ0) is 20.6. The molecule has 1 aromatic rings. The molecule has 2 N–H and O–H groups in total. The van der Waals surface area contributed by atoms with Gasteiger partial charge in [-0.05, 0) is 73.2 Å². The Morgan fingerprint density at radius 3 is 2.69 bits per heavy atom. The van der Waals surface area contributed by atoms with E-state index in [1.54, 1.807) is 5.56 Å². The lowest BCUT2D eigenvalue weighted by molar-refractivity contribution is 0.143. The van der Waals surface area contributed by atoms with Crippen molar-refractivity contribution in [2.75, 3.05) is 13.1 Å². The summed E-state index contributed by atoms with van der Waals surface area (Å²) >= 11 is 5.90. The molecule has 0 amide bonds. The molecular weight excluding hydrogens is 372 g/mol. The monoisotopic (exact) mass is 410 g/mol. The van der Waals surface area contributed by atoms with Gasteiger partial charge in [-0.15, -0.1) is 0 Å². The normalized spacial score (nSPS) is 34.1. The highest BCUT2D eigenvalue weighted by molar-refractivity contribution is 7.80. The van der Waals surface area contributed by atoms with Gasteiger partial charge in [-0.25, -0.2) is 0 Å². The van der Waals surface area contributed by atoms with Crippen molar-refractivity contribution in [3.63, 3.8) is 0 Å². The Morgan fingerprint density at radius 1 is 1.21 bits per heavy atom. The van der Waals surface area contributed by atoms with Gasteiger partial charge in [0.2, 0.25) is 0 Å². The maximum Gasteiger partial charge on any atom is 0.0779 e. The van der Waals surface area contributed by atoms with Gasteiger partial charge < -0.3 is 10.6 Å². The van der Waals surface area contributed by atoms with Gasteiger partial charge in [0.25, 0.3) is 0 Å². The molecule has 2 bridgehead atoms. The third kappa shape index (κ3) is 4.18. The number of nitrogens with zero attached hydrogens (tertiary/aromatic N) is 1. The van der Waals surface area contributed by atoms with Gasteiger partial charge in [0, 0.05) is 19.1 Å². The van der Waals surface area contributed by atoms with Gasteiger partial charge in [-0.3, -0.25) is 0 Å². The van der Waals surface area contributed by atoms with Crippen LogP contribution >= 0.6 is 12.2 Å². The Kier molecular flexibility index (Phi) is 5.92. The highest BCUT2D eigenvalue weighted by Gasteiger charge is 2.45. The van der Waals surface area contributed by atoms with Gasteiger partial charge in [0.1, 0.15) is 0 Å². The van der Waals surface area contributed by atoms with Crippen molar-refractivity contribution in [2.45, 2.75) is 76.7 Å². The third-order valence-electron chi connectivity index (χ3n) is 8.29. The summed E-state index contributed by atoms with van der Waals surface area (Å²) in [5, 5.41) is 0. The molecule has 2 nitrogen and oxygen atoms in total. The molecule has 3 heteroatoms. The van der Waals surface area contributed by atoms with Crippen LogP contribution in [0, 0.1) is 17.3 Å². The number of nitrogens with two attached hydrogens (primary N) is 1. The molecule has 1 aromatic carbocycles. The van der Waals surface area contributed by atoms with E-state index in [2.05, 4.69) is 55.7 Å². The SMILES string of the molecule is C=C1C2CCCC(c3ccccc3)(C2)CC1CCC(=S)N1CC[C@H](N)C(C)(C)C1. The van der Waals surface area contributed by atoms with Crippen LogP contribution in [0.15, 0.2) is 42.5 Å². The molecule has 1 heterocycles. The minimum absolute atomic E-state index is 0.144. The smallest absolute Gasteiger partial charge is 0.0779 e. The summed E-state index contributed by atoms with van der Waals surface area (Å²) in [4.78, 5) is 3.57. The van der Waals surface area contributed by atoms with E-state index in [4.69, 9.17) is 18.0 Å². The standard InChI is InChI=1S/C26H38N2S/c1-19-20-8-7-14-26(16-20,22-9-5-4-6-10-22)17-21(19)11-12-24(29)28-15-13-23(27)25(2,3)18-28/h4-6,9-10,20-21,23H,1,7-8,11-18,27H2,2-3H3/t20?,21?,23-,26?/m0/s1. The molecule has 4 rings (SSSR count). The van der Waals surface area contributed by atoms with E-state index in [1.807, 2.05) is 0 Å². The summed E-state index contributed by atoms with van der Waals surface area (Å²) < 4.78 is 0. The minimum atomic E-state index is 0.144. The first-order valence-corrected chi connectivity index (χ1v) is 12.0. The highest BCUT2D eigenvalue weighted by atomic mass is 32.1. The van der Waals surface area contributed by atoms with Crippen LogP contribution in [0.5, 0.6) is 0 Å². The molecule has 1 aliphatic heterocycles. The molecule has 2 aliphatic carbocycles. The maximum absolute atomic E-state index is 6.32. The second-order valence-electron chi connectivity index (χ2n) is 10.7. The number of fused-ring (bicyclic) bond motifs is 2. The van der Waals surface area contributed by atoms with Crippen molar-refractivity contribution in [1.29, 1.82) is 0 Å². The van der Waals surface area contributed by atoms with Crippen LogP contribution in [-0.4, -0.2) is 29.0 Å². The Bertz CT molecular complexity index is 755. The summed E-state index contributed by atoms with van der Waals surface area (Å²) in [6.45, 7) is 11.2. The fraction of sp³-hybridized carbons (Fsp3) is 0.654. The van der Waals surface area contributed by atoms with E-state index in [1.165, 1.54) is 37.7 Å². The molecule has 3 aliphatic rings. The molecular formula is C26H38N2S. The van der Waals surface area contributed by atoms with Gasteiger partial charge in [-0.2, -0.15) is 0 Å². The van der Waals surface area contributed by atoms with E-state index in [0.717, 1.165) is 37.3 Å². The van der Waals surface area contributed by atoms with Crippen LogP contribution in [0.2, 0.25) is 0 Å². The number of piperidine rings is 1. The second kappa shape index (κ2) is 8.15. The van der Waals surface area contributed by atoms with Crippen molar-refractivity contribution in [3.8, 4) is 0 Å². The van der Waals surface area contributed by atoms with Crippen molar-refractivity contribution in [2.24, 2.45) is 23.0 Å². The Hall–Kier alpha value is -1.19. The molecule has 29 heavy (non-hydrogen) atoms. The van der Waals surface area contributed by atoms with Crippen LogP contribution in [-0.2, 0) is 5.41 Å². The summed E-state index contributed by atoms with van der Waals surface area (Å²) in [7, 11) is 0. The lowest BCUT2D eigenvalue weighted by Crippen LogP contribution is -2.53. The average Bonchev–Trinajstić information content (AvgIpc) is 2.72. The molecule has 0 aromatic heterocycles. The topological polar surface area (TPSA) is 29.3 Å².